The summed E-state index contributed by atoms with van der Waals surface area (Å²) in [5, 5.41) is 15.0. The van der Waals surface area contributed by atoms with Crippen LogP contribution in [0.5, 0.6) is 5.75 Å². The largest absolute Gasteiger partial charge is 0.494 e. The van der Waals surface area contributed by atoms with Crippen molar-refractivity contribution in [1.29, 1.82) is 0 Å². The molecule has 0 aliphatic heterocycles. The second-order valence-electron chi connectivity index (χ2n) is 8.93. The number of nitrogens with two attached hydrogens (primary N) is 1. The molecule has 0 saturated carbocycles. The number of hydrogen-bond donors (Lipinski definition) is 4. The molecule has 0 aliphatic carbocycles. The standard InChI is InChI=1S/C29H34N6O4/c1-4-34(5-2)21-12-10-19(11-13-21)28(37)33-26(20-8-7-9-23(16-20)39-6-3)27(36)29(38)35(30)22-14-15-24-25(17-22)32-18-31-24/h7-18,26-27,36H,4-6,30H2,1-3H3,(H,31,32)(H,33,37). The number of amides is 2. The highest BCUT2D eigenvalue weighted by molar-refractivity contribution is 5.99. The Morgan fingerprint density at radius 2 is 1.74 bits per heavy atom. The molecule has 1 heterocycles. The van der Waals surface area contributed by atoms with Crippen LogP contribution in [0.2, 0.25) is 0 Å². The Balaban J connectivity index is 1.61. The van der Waals surface area contributed by atoms with Gasteiger partial charge in [-0.2, -0.15) is 0 Å². The molecule has 0 aliphatic rings. The van der Waals surface area contributed by atoms with E-state index < -0.39 is 24.0 Å². The van der Waals surface area contributed by atoms with Crippen LogP contribution in [0, 0.1) is 0 Å². The predicted octanol–water partition coefficient (Wildman–Crippen LogP) is 3.55. The summed E-state index contributed by atoms with van der Waals surface area (Å²) >= 11 is 0. The van der Waals surface area contributed by atoms with Crippen molar-refractivity contribution in [3.63, 3.8) is 0 Å². The van der Waals surface area contributed by atoms with Gasteiger partial charge < -0.3 is 25.0 Å². The van der Waals surface area contributed by atoms with E-state index in [0.717, 1.165) is 23.8 Å². The minimum atomic E-state index is -1.69. The van der Waals surface area contributed by atoms with Gasteiger partial charge >= 0.3 is 0 Å². The normalized spacial score (nSPS) is 12.5. The molecule has 0 spiro atoms. The van der Waals surface area contributed by atoms with E-state index in [4.69, 9.17) is 10.6 Å². The number of ether oxygens (including phenoxy) is 1. The van der Waals surface area contributed by atoms with Gasteiger partial charge in [0, 0.05) is 24.3 Å². The maximum Gasteiger partial charge on any atom is 0.272 e. The number of hydrazine groups is 1. The Morgan fingerprint density at radius 1 is 1.03 bits per heavy atom. The number of rotatable bonds is 11. The zero-order chi connectivity index (χ0) is 27.9. The fraction of sp³-hybridized carbons (Fsp3) is 0.276. The summed E-state index contributed by atoms with van der Waals surface area (Å²) in [6.07, 6.45) is -0.152. The van der Waals surface area contributed by atoms with Crippen LogP contribution in [-0.4, -0.2) is 52.7 Å². The summed E-state index contributed by atoms with van der Waals surface area (Å²) in [5.74, 6) is 5.47. The number of fused-ring (bicyclic) bond motifs is 1. The third-order valence-electron chi connectivity index (χ3n) is 6.56. The Hall–Kier alpha value is -4.41. The number of imidazole rings is 1. The monoisotopic (exact) mass is 530 g/mol. The van der Waals surface area contributed by atoms with Crippen molar-refractivity contribution in [2.75, 3.05) is 29.6 Å². The van der Waals surface area contributed by atoms with Crippen molar-refractivity contribution < 1.29 is 19.4 Å². The number of H-pyrrole nitrogens is 1. The fourth-order valence-electron chi connectivity index (χ4n) is 4.43. The minimum Gasteiger partial charge on any atom is -0.494 e. The second kappa shape index (κ2) is 12.4. The van der Waals surface area contributed by atoms with Gasteiger partial charge in [0.05, 0.1) is 35.7 Å². The summed E-state index contributed by atoms with van der Waals surface area (Å²) in [7, 11) is 0. The number of benzene rings is 3. The number of carbonyl (C=O) groups is 2. The van der Waals surface area contributed by atoms with Crippen LogP contribution in [0.15, 0.2) is 73.1 Å². The Bertz CT molecular complexity index is 1420. The molecular formula is C29H34N6O4. The molecule has 10 nitrogen and oxygen atoms in total. The van der Waals surface area contributed by atoms with Crippen LogP contribution in [0.4, 0.5) is 11.4 Å². The lowest BCUT2D eigenvalue weighted by molar-refractivity contribution is -0.128. The summed E-state index contributed by atoms with van der Waals surface area (Å²) in [6, 6.07) is 18.0. The number of carbonyl (C=O) groups excluding carboxylic acids is 2. The van der Waals surface area contributed by atoms with Crippen molar-refractivity contribution in [1.82, 2.24) is 15.3 Å². The van der Waals surface area contributed by atoms with E-state index in [9.17, 15) is 14.7 Å². The zero-order valence-electron chi connectivity index (χ0n) is 22.3. The van der Waals surface area contributed by atoms with Gasteiger partial charge in [0.2, 0.25) is 0 Å². The maximum atomic E-state index is 13.4. The third kappa shape index (κ3) is 6.19. The molecule has 0 bridgehead atoms. The van der Waals surface area contributed by atoms with Gasteiger partial charge in [0.15, 0.2) is 6.10 Å². The number of aliphatic hydroxyl groups excluding tert-OH is 1. The summed E-state index contributed by atoms with van der Waals surface area (Å²) < 4.78 is 5.60. The average molecular weight is 531 g/mol. The van der Waals surface area contributed by atoms with Crippen LogP contribution in [0.3, 0.4) is 0 Å². The lowest BCUT2D eigenvalue weighted by Gasteiger charge is -2.28. The van der Waals surface area contributed by atoms with Gasteiger partial charge in [-0.05, 0) is 80.9 Å². The van der Waals surface area contributed by atoms with E-state index >= 15 is 0 Å². The van der Waals surface area contributed by atoms with E-state index in [1.165, 1.54) is 6.33 Å². The molecule has 10 heteroatoms. The lowest BCUT2D eigenvalue weighted by atomic mass is 9.99. The number of anilines is 2. The van der Waals surface area contributed by atoms with Crippen molar-refractivity contribution in [2.45, 2.75) is 32.9 Å². The highest BCUT2D eigenvalue weighted by atomic mass is 16.5. The van der Waals surface area contributed by atoms with Crippen molar-refractivity contribution >= 4 is 34.2 Å². The number of hydrogen-bond acceptors (Lipinski definition) is 7. The smallest absolute Gasteiger partial charge is 0.272 e. The highest BCUT2D eigenvalue weighted by Gasteiger charge is 2.33. The molecule has 2 atom stereocenters. The highest BCUT2D eigenvalue weighted by Crippen LogP contribution is 2.26. The number of aromatic amines is 1. The molecule has 0 radical (unpaired) electrons. The van der Waals surface area contributed by atoms with Crippen molar-refractivity contribution in [2.24, 2.45) is 5.84 Å². The zero-order valence-corrected chi connectivity index (χ0v) is 22.3. The molecule has 204 valence electrons. The molecule has 3 aromatic carbocycles. The van der Waals surface area contributed by atoms with Gasteiger partial charge in [-0.1, -0.05) is 12.1 Å². The molecular weight excluding hydrogens is 496 g/mol. The van der Waals surface area contributed by atoms with E-state index in [-0.39, 0.29) is 0 Å². The van der Waals surface area contributed by atoms with E-state index in [2.05, 4.69) is 34.0 Å². The lowest BCUT2D eigenvalue weighted by Crippen LogP contribution is -2.50. The first-order chi connectivity index (χ1) is 18.9. The number of aliphatic hydroxyl groups is 1. The molecule has 39 heavy (non-hydrogen) atoms. The first kappa shape index (κ1) is 27.6. The van der Waals surface area contributed by atoms with Crippen molar-refractivity contribution in [3.8, 4) is 5.75 Å². The first-order valence-electron chi connectivity index (χ1n) is 12.9. The van der Waals surface area contributed by atoms with E-state index in [1.54, 1.807) is 54.6 Å². The average Bonchev–Trinajstić information content (AvgIpc) is 3.44. The van der Waals surface area contributed by atoms with Gasteiger partial charge in [-0.3, -0.25) is 9.59 Å². The summed E-state index contributed by atoms with van der Waals surface area (Å²) in [6.45, 7) is 8.12. The van der Waals surface area contributed by atoms with Gasteiger partial charge in [0.1, 0.15) is 5.75 Å². The summed E-state index contributed by atoms with van der Waals surface area (Å²) in [4.78, 5) is 36.0. The molecule has 0 fully saturated rings. The maximum absolute atomic E-state index is 13.4. The fourth-order valence-corrected chi connectivity index (χ4v) is 4.43. The molecule has 0 saturated heterocycles. The van der Waals surface area contributed by atoms with Crippen LogP contribution in [0.25, 0.3) is 11.0 Å². The molecule has 4 aromatic rings. The quantitative estimate of drug-likeness (QED) is 0.132. The topological polar surface area (TPSA) is 137 Å². The minimum absolute atomic E-state index is 0.357. The van der Waals surface area contributed by atoms with E-state index in [1.807, 2.05) is 19.1 Å². The molecule has 5 N–H and O–H groups in total. The molecule has 1 aromatic heterocycles. The molecule has 4 rings (SSSR count). The third-order valence-corrected chi connectivity index (χ3v) is 6.56. The molecule has 2 amide bonds. The Labute approximate surface area is 227 Å². The van der Waals surface area contributed by atoms with Crippen LogP contribution >= 0.6 is 0 Å². The first-order valence-corrected chi connectivity index (χ1v) is 12.9. The predicted molar refractivity (Wildman–Crippen MR) is 152 cm³/mol. The van der Waals surface area contributed by atoms with E-state index in [0.29, 0.717) is 40.2 Å². The van der Waals surface area contributed by atoms with Gasteiger partial charge in [0.25, 0.3) is 11.8 Å². The SMILES string of the molecule is CCOc1cccc(C(NC(=O)c2ccc(N(CC)CC)cc2)C(O)C(=O)N(N)c2ccc3nc[nH]c3c2)c1. The van der Waals surface area contributed by atoms with Crippen LogP contribution in [0.1, 0.15) is 42.7 Å². The van der Waals surface area contributed by atoms with Crippen LogP contribution < -0.4 is 25.8 Å². The Kier molecular flexibility index (Phi) is 8.80. The van der Waals surface area contributed by atoms with Gasteiger partial charge in [-0.25, -0.2) is 15.8 Å². The number of nitrogens with one attached hydrogen (secondary N) is 2. The van der Waals surface area contributed by atoms with Gasteiger partial charge in [-0.15, -0.1) is 0 Å². The number of aromatic nitrogens is 2. The van der Waals surface area contributed by atoms with Crippen molar-refractivity contribution in [3.05, 3.63) is 84.2 Å². The summed E-state index contributed by atoms with van der Waals surface area (Å²) in [5.41, 5.74) is 3.65. The second-order valence-corrected chi connectivity index (χ2v) is 8.93. The van der Waals surface area contributed by atoms with Crippen LogP contribution in [-0.2, 0) is 4.79 Å². The Morgan fingerprint density at radius 3 is 2.44 bits per heavy atom. The number of nitrogens with zero attached hydrogens (tertiary/aromatic N) is 3. The molecule has 2 unspecified atom stereocenters.